The SMILES string of the molecule is COCC(N)CNc1ncc(C(N)=O)c(Nc2ccc(Cl)c(C)c2)n1. The van der Waals surface area contributed by atoms with Crippen molar-refractivity contribution in [3.63, 3.8) is 0 Å². The molecule has 0 saturated carbocycles. The van der Waals surface area contributed by atoms with E-state index >= 15 is 0 Å². The second kappa shape index (κ2) is 8.61. The summed E-state index contributed by atoms with van der Waals surface area (Å²) in [5, 5.41) is 6.72. The lowest BCUT2D eigenvalue weighted by molar-refractivity contribution is 0.100. The number of methoxy groups -OCH3 is 1. The highest BCUT2D eigenvalue weighted by atomic mass is 35.5. The van der Waals surface area contributed by atoms with E-state index in [1.165, 1.54) is 6.20 Å². The van der Waals surface area contributed by atoms with Gasteiger partial charge in [-0.3, -0.25) is 4.79 Å². The van der Waals surface area contributed by atoms with Crippen LogP contribution in [0, 0.1) is 6.92 Å². The van der Waals surface area contributed by atoms with E-state index in [1.807, 2.05) is 13.0 Å². The Bertz CT molecular complexity index is 755. The first kappa shape index (κ1) is 18.9. The molecule has 1 heterocycles. The number of carbonyl (C=O) groups excluding carboxylic acids is 1. The Hall–Kier alpha value is -2.42. The van der Waals surface area contributed by atoms with Crippen LogP contribution >= 0.6 is 11.6 Å². The summed E-state index contributed by atoms with van der Waals surface area (Å²) in [7, 11) is 1.58. The molecule has 1 amide bonds. The minimum absolute atomic E-state index is 0.180. The Balaban J connectivity index is 2.22. The fourth-order valence-corrected chi connectivity index (χ4v) is 2.21. The average Bonchev–Trinajstić information content (AvgIpc) is 2.56. The number of halogens is 1. The molecular formula is C16H21ClN6O2. The van der Waals surface area contributed by atoms with Gasteiger partial charge in [-0.2, -0.15) is 4.98 Å². The summed E-state index contributed by atoms with van der Waals surface area (Å²) in [5.74, 6) is -0.00686. The number of ether oxygens (including phenoxy) is 1. The number of rotatable bonds is 8. The summed E-state index contributed by atoms with van der Waals surface area (Å²) >= 11 is 6.03. The minimum atomic E-state index is -0.629. The maximum atomic E-state index is 11.6. The molecule has 0 bridgehead atoms. The quantitative estimate of drug-likeness (QED) is 0.560. The summed E-state index contributed by atoms with van der Waals surface area (Å²) in [4.78, 5) is 20.0. The third-order valence-corrected chi connectivity index (χ3v) is 3.80. The lowest BCUT2D eigenvalue weighted by atomic mass is 10.2. The Morgan fingerprint density at radius 3 is 2.84 bits per heavy atom. The molecule has 2 rings (SSSR count). The van der Waals surface area contributed by atoms with Crippen molar-refractivity contribution in [2.45, 2.75) is 13.0 Å². The zero-order valence-electron chi connectivity index (χ0n) is 14.0. The topological polar surface area (TPSA) is 128 Å². The van der Waals surface area contributed by atoms with Crippen LogP contribution in [0.5, 0.6) is 0 Å². The van der Waals surface area contributed by atoms with Crippen molar-refractivity contribution < 1.29 is 9.53 Å². The number of primary amides is 1. The summed E-state index contributed by atoms with van der Waals surface area (Å²) in [6, 6.07) is 5.17. The maximum absolute atomic E-state index is 11.6. The van der Waals surface area contributed by atoms with Gasteiger partial charge in [-0.25, -0.2) is 4.98 Å². The van der Waals surface area contributed by atoms with Crippen molar-refractivity contribution >= 4 is 35.0 Å². The van der Waals surface area contributed by atoms with Crippen molar-refractivity contribution in [1.29, 1.82) is 0 Å². The van der Waals surface area contributed by atoms with Crippen LogP contribution in [0.4, 0.5) is 17.5 Å². The van der Waals surface area contributed by atoms with Gasteiger partial charge in [0.25, 0.3) is 5.91 Å². The first-order valence-electron chi connectivity index (χ1n) is 7.59. The van der Waals surface area contributed by atoms with E-state index in [9.17, 15) is 4.79 Å². The lowest BCUT2D eigenvalue weighted by Gasteiger charge is -2.14. The molecule has 25 heavy (non-hydrogen) atoms. The number of aryl methyl sites for hydroxylation is 1. The largest absolute Gasteiger partial charge is 0.383 e. The number of benzene rings is 1. The zero-order chi connectivity index (χ0) is 18.4. The zero-order valence-corrected chi connectivity index (χ0v) is 14.8. The summed E-state index contributed by atoms with van der Waals surface area (Å²) in [5.41, 5.74) is 13.1. The molecular weight excluding hydrogens is 344 g/mol. The third kappa shape index (κ3) is 5.28. The highest BCUT2D eigenvalue weighted by Gasteiger charge is 2.13. The standard InChI is InChI=1S/C16H21ClN6O2/c1-9-5-11(3-4-13(9)17)22-15-12(14(19)24)7-21-16(23-15)20-6-10(18)8-25-2/h3-5,7,10H,6,8,18H2,1-2H3,(H2,19,24)(H2,20,21,22,23). The number of aromatic nitrogens is 2. The summed E-state index contributed by atoms with van der Waals surface area (Å²) < 4.78 is 4.98. The molecule has 1 aromatic carbocycles. The molecule has 2 aromatic rings. The minimum Gasteiger partial charge on any atom is -0.383 e. The Kier molecular flexibility index (Phi) is 6.51. The van der Waals surface area contributed by atoms with E-state index in [4.69, 9.17) is 27.8 Å². The Labute approximate surface area is 150 Å². The number of carbonyl (C=O) groups is 1. The lowest BCUT2D eigenvalue weighted by Crippen LogP contribution is -2.33. The number of nitrogens with two attached hydrogens (primary N) is 2. The van der Waals surface area contributed by atoms with Gasteiger partial charge >= 0.3 is 0 Å². The smallest absolute Gasteiger partial charge is 0.254 e. The number of nitrogens with one attached hydrogen (secondary N) is 2. The van der Waals surface area contributed by atoms with Crippen molar-refractivity contribution in [3.8, 4) is 0 Å². The van der Waals surface area contributed by atoms with Crippen LogP contribution in [-0.4, -0.2) is 42.2 Å². The van der Waals surface area contributed by atoms with E-state index in [-0.39, 0.29) is 11.6 Å². The Morgan fingerprint density at radius 2 is 2.20 bits per heavy atom. The van der Waals surface area contributed by atoms with Gasteiger partial charge in [-0.05, 0) is 30.7 Å². The number of nitrogens with zero attached hydrogens (tertiary/aromatic N) is 2. The van der Waals surface area contributed by atoms with Crippen LogP contribution < -0.4 is 22.1 Å². The van der Waals surface area contributed by atoms with E-state index in [0.29, 0.717) is 29.9 Å². The van der Waals surface area contributed by atoms with Crippen LogP contribution in [0.25, 0.3) is 0 Å². The molecule has 0 aliphatic carbocycles. The van der Waals surface area contributed by atoms with Gasteiger partial charge in [0.05, 0.1) is 6.61 Å². The highest BCUT2D eigenvalue weighted by Crippen LogP contribution is 2.24. The fraction of sp³-hybridized carbons (Fsp3) is 0.312. The van der Waals surface area contributed by atoms with Crippen molar-refractivity contribution in [1.82, 2.24) is 9.97 Å². The van der Waals surface area contributed by atoms with Crippen molar-refractivity contribution in [2.24, 2.45) is 11.5 Å². The van der Waals surface area contributed by atoms with Gasteiger partial charge in [0.15, 0.2) is 0 Å². The van der Waals surface area contributed by atoms with Crippen LogP contribution in [0.15, 0.2) is 24.4 Å². The van der Waals surface area contributed by atoms with Crippen LogP contribution in [0.2, 0.25) is 5.02 Å². The Morgan fingerprint density at radius 1 is 1.44 bits per heavy atom. The van der Waals surface area contributed by atoms with Crippen LogP contribution in [-0.2, 0) is 4.74 Å². The van der Waals surface area contributed by atoms with Crippen molar-refractivity contribution in [3.05, 3.63) is 40.5 Å². The molecule has 0 spiro atoms. The molecule has 134 valence electrons. The van der Waals surface area contributed by atoms with Gasteiger partial charge in [-0.1, -0.05) is 11.6 Å². The molecule has 0 aliphatic rings. The first-order valence-corrected chi connectivity index (χ1v) is 7.97. The highest BCUT2D eigenvalue weighted by molar-refractivity contribution is 6.31. The normalized spacial score (nSPS) is 11.8. The average molecular weight is 365 g/mol. The predicted octanol–water partition coefficient (Wildman–Crippen LogP) is 1.67. The summed E-state index contributed by atoms with van der Waals surface area (Å²) in [6.45, 7) is 2.71. The number of anilines is 3. The van der Waals surface area contributed by atoms with Crippen molar-refractivity contribution in [2.75, 3.05) is 30.9 Å². The van der Waals surface area contributed by atoms with Gasteiger partial charge in [-0.15, -0.1) is 0 Å². The summed E-state index contributed by atoms with van der Waals surface area (Å²) in [6.07, 6.45) is 1.37. The molecule has 0 radical (unpaired) electrons. The molecule has 9 heteroatoms. The third-order valence-electron chi connectivity index (χ3n) is 3.38. The first-order chi connectivity index (χ1) is 11.9. The second-order valence-electron chi connectivity index (χ2n) is 5.51. The van der Waals surface area contributed by atoms with E-state index in [0.717, 1.165) is 11.3 Å². The maximum Gasteiger partial charge on any atom is 0.254 e. The fourth-order valence-electron chi connectivity index (χ4n) is 2.10. The monoisotopic (exact) mass is 364 g/mol. The molecule has 0 fully saturated rings. The van der Waals surface area contributed by atoms with Gasteiger partial charge in [0.1, 0.15) is 11.4 Å². The molecule has 1 atom stereocenters. The molecule has 6 N–H and O–H groups in total. The second-order valence-corrected chi connectivity index (χ2v) is 5.91. The van der Waals surface area contributed by atoms with E-state index in [2.05, 4.69) is 20.6 Å². The van der Waals surface area contributed by atoms with Crippen LogP contribution in [0.3, 0.4) is 0 Å². The van der Waals surface area contributed by atoms with Gasteiger partial charge < -0.3 is 26.8 Å². The molecule has 0 saturated heterocycles. The number of hydrogen-bond donors (Lipinski definition) is 4. The van der Waals surface area contributed by atoms with Gasteiger partial charge in [0, 0.05) is 36.6 Å². The predicted molar refractivity (Wildman–Crippen MR) is 98.4 cm³/mol. The molecule has 1 aromatic heterocycles. The molecule has 1 unspecified atom stereocenters. The van der Waals surface area contributed by atoms with E-state index < -0.39 is 5.91 Å². The van der Waals surface area contributed by atoms with E-state index in [1.54, 1.807) is 19.2 Å². The number of hydrogen-bond acceptors (Lipinski definition) is 7. The van der Waals surface area contributed by atoms with Crippen LogP contribution in [0.1, 0.15) is 15.9 Å². The number of amides is 1. The molecule has 0 aliphatic heterocycles. The molecule has 8 nitrogen and oxygen atoms in total. The van der Waals surface area contributed by atoms with Gasteiger partial charge in [0.2, 0.25) is 5.95 Å².